The van der Waals surface area contributed by atoms with E-state index in [9.17, 15) is 4.79 Å². The maximum atomic E-state index is 11.8. The Bertz CT molecular complexity index is 923. The van der Waals surface area contributed by atoms with Crippen LogP contribution in [0.1, 0.15) is 17.0 Å². The summed E-state index contributed by atoms with van der Waals surface area (Å²) in [6.07, 6.45) is 0. The minimum absolute atomic E-state index is 0.101. The molecular weight excluding hydrogens is 400 g/mol. The van der Waals surface area contributed by atoms with Gasteiger partial charge in [-0.1, -0.05) is 39.3 Å². The first kappa shape index (κ1) is 18.1. The summed E-state index contributed by atoms with van der Waals surface area (Å²) in [6.45, 7) is 3.71. The van der Waals surface area contributed by atoms with Crippen molar-refractivity contribution in [3.8, 4) is 17.1 Å². The van der Waals surface area contributed by atoms with Crippen LogP contribution >= 0.6 is 15.9 Å². The summed E-state index contributed by atoms with van der Waals surface area (Å²) in [5.74, 6) is 0.772. The van der Waals surface area contributed by atoms with Crippen molar-refractivity contribution in [1.29, 1.82) is 0 Å². The summed E-state index contributed by atoms with van der Waals surface area (Å²) in [4.78, 5) is 16.0. The molecule has 7 heteroatoms. The summed E-state index contributed by atoms with van der Waals surface area (Å²) in [7, 11) is 0. The first-order valence-corrected chi connectivity index (χ1v) is 8.75. The van der Waals surface area contributed by atoms with Gasteiger partial charge in [0.1, 0.15) is 5.75 Å². The van der Waals surface area contributed by atoms with Crippen LogP contribution in [0.4, 0.5) is 0 Å². The number of benzene rings is 2. The van der Waals surface area contributed by atoms with Gasteiger partial charge in [-0.05, 0) is 49.2 Å². The van der Waals surface area contributed by atoms with E-state index in [4.69, 9.17) is 14.0 Å². The van der Waals surface area contributed by atoms with Crippen LogP contribution < -0.4 is 4.74 Å². The van der Waals surface area contributed by atoms with E-state index >= 15 is 0 Å². The van der Waals surface area contributed by atoms with Gasteiger partial charge in [0.2, 0.25) is 5.82 Å². The summed E-state index contributed by atoms with van der Waals surface area (Å²) in [5.41, 5.74) is 3.07. The average molecular weight is 417 g/mol. The number of aryl methyl sites for hydroxylation is 2. The van der Waals surface area contributed by atoms with E-state index in [1.165, 1.54) is 0 Å². The summed E-state index contributed by atoms with van der Waals surface area (Å²) < 4.78 is 16.6. The Kier molecular flexibility index (Phi) is 5.68. The van der Waals surface area contributed by atoms with Crippen LogP contribution in [0.5, 0.6) is 5.75 Å². The van der Waals surface area contributed by atoms with Crippen LogP contribution in [0.15, 0.2) is 51.5 Å². The maximum Gasteiger partial charge on any atom is 0.344 e. The molecule has 0 amide bonds. The number of carbonyl (C=O) groups is 1. The number of halogens is 1. The third-order valence-electron chi connectivity index (χ3n) is 3.74. The second-order valence-electron chi connectivity index (χ2n) is 5.72. The lowest BCUT2D eigenvalue weighted by molar-refractivity contribution is -0.148. The molecule has 26 heavy (non-hydrogen) atoms. The van der Waals surface area contributed by atoms with Crippen LogP contribution in [-0.4, -0.2) is 22.7 Å². The molecule has 3 aromatic rings. The first-order valence-electron chi connectivity index (χ1n) is 7.95. The van der Waals surface area contributed by atoms with Crippen molar-refractivity contribution in [2.45, 2.75) is 20.5 Å². The number of ether oxygens (including phenoxy) is 2. The quantitative estimate of drug-likeness (QED) is 0.559. The normalized spacial score (nSPS) is 10.6. The van der Waals surface area contributed by atoms with Crippen LogP contribution in [0.25, 0.3) is 11.4 Å². The van der Waals surface area contributed by atoms with Crippen LogP contribution in [-0.2, 0) is 16.1 Å². The number of rotatable bonds is 6. The van der Waals surface area contributed by atoms with E-state index in [0.29, 0.717) is 11.6 Å². The molecular formula is C19H17BrN2O4. The Morgan fingerprint density at radius 2 is 2.00 bits per heavy atom. The molecule has 1 heterocycles. The monoisotopic (exact) mass is 416 g/mol. The van der Waals surface area contributed by atoms with E-state index in [1.807, 2.05) is 56.3 Å². The topological polar surface area (TPSA) is 74.5 Å². The predicted octanol–water partition coefficient (Wildman–Crippen LogP) is 4.24. The van der Waals surface area contributed by atoms with Crippen molar-refractivity contribution in [2.75, 3.05) is 6.61 Å². The van der Waals surface area contributed by atoms with Crippen molar-refractivity contribution in [1.82, 2.24) is 10.1 Å². The zero-order valence-corrected chi connectivity index (χ0v) is 15.9. The van der Waals surface area contributed by atoms with E-state index in [0.717, 1.165) is 21.2 Å². The van der Waals surface area contributed by atoms with Crippen LogP contribution in [0.2, 0.25) is 0 Å². The van der Waals surface area contributed by atoms with Gasteiger partial charge in [-0.2, -0.15) is 4.98 Å². The molecule has 0 aliphatic heterocycles. The smallest absolute Gasteiger partial charge is 0.344 e. The van der Waals surface area contributed by atoms with Crippen molar-refractivity contribution in [3.05, 3.63) is 64.0 Å². The molecule has 0 atom stereocenters. The highest BCUT2D eigenvalue weighted by atomic mass is 79.9. The first-order chi connectivity index (χ1) is 12.5. The molecule has 0 radical (unpaired) electrons. The average Bonchev–Trinajstić information content (AvgIpc) is 3.10. The van der Waals surface area contributed by atoms with E-state index in [-0.39, 0.29) is 19.1 Å². The van der Waals surface area contributed by atoms with Gasteiger partial charge in [0, 0.05) is 10.0 Å². The predicted molar refractivity (Wildman–Crippen MR) is 98.6 cm³/mol. The maximum absolute atomic E-state index is 11.8. The van der Waals surface area contributed by atoms with Gasteiger partial charge in [0.15, 0.2) is 13.2 Å². The Morgan fingerprint density at radius 3 is 2.77 bits per heavy atom. The van der Waals surface area contributed by atoms with Crippen molar-refractivity contribution in [2.24, 2.45) is 0 Å². The highest BCUT2D eigenvalue weighted by Crippen LogP contribution is 2.20. The Balaban J connectivity index is 1.51. The lowest BCUT2D eigenvalue weighted by Gasteiger charge is -2.07. The number of nitrogens with zero attached hydrogens (tertiary/aromatic N) is 2. The SMILES string of the molecule is Cc1ccc(OCC(=O)OCc2nc(-c3cccc(Br)c3)no2)cc1C. The summed E-state index contributed by atoms with van der Waals surface area (Å²) in [5, 5.41) is 3.89. The molecule has 0 spiro atoms. The zero-order valence-electron chi connectivity index (χ0n) is 14.4. The zero-order chi connectivity index (χ0) is 18.5. The molecule has 0 unspecified atom stereocenters. The Labute approximate surface area is 159 Å². The fraction of sp³-hybridized carbons (Fsp3) is 0.211. The number of carbonyl (C=O) groups excluding carboxylic acids is 1. The van der Waals surface area contributed by atoms with Crippen molar-refractivity contribution < 1.29 is 18.8 Å². The van der Waals surface area contributed by atoms with Gasteiger partial charge in [-0.3, -0.25) is 0 Å². The summed E-state index contributed by atoms with van der Waals surface area (Å²) in [6, 6.07) is 13.2. The van der Waals surface area contributed by atoms with Crippen molar-refractivity contribution >= 4 is 21.9 Å². The second-order valence-corrected chi connectivity index (χ2v) is 6.63. The van der Waals surface area contributed by atoms with Gasteiger partial charge in [-0.15, -0.1) is 0 Å². The number of esters is 1. The minimum Gasteiger partial charge on any atom is -0.482 e. The molecule has 1 aromatic heterocycles. The fourth-order valence-electron chi connectivity index (χ4n) is 2.19. The third-order valence-corrected chi connectivity index (χ3v) is 4.24. The number of hydrogen-bond acceptors (Lipinski definition) is 6. The molecule has 3 rings (SSSR count). The number of aromatic nitrogens is 2. The lowest BCUT2D eigenvalue weighted by atomic mass is 10.1. The highest BCUT2D eigenvalue weighted by Gasteiger charge is 2.12. The summed E-state index contributed by atoms with van der Waals surface area (Å²) >= 11 is 3.39. The lowest BCUT2D eigenvalue weighted by Crippen LogP contribution is -2.15. The molecule has 0 N–H and O–H groups in total. The molecule has 134 valence electrons. The fourth-order valence-corrected chi connectivity index (χ4v) is 2.59. The number of hydrogen-bond donors (Lipinski definition) is 0. The second kappa shape index (κ2) is 8.14. The molecule has 0 bridgehead atoms. The Morgan fingerprint density at radius 1 is 1.15 bits per heavy atom. The molecule has 0 fully saturated rings. The molecule has 0 saturated carbocycles. The standard InChI is InChI=1S/C19H17BrN2O4/c1-12-6-7-16(8-13(12)2)24-11-18(23)25-10-17-21-19(22-26-17)14-4-3-5-15(20)9-14/h3-9H,10-11H2,1-2H3. The molecule has 0 aliphatic carbocycles. The van der Waals surface area contributed by atoms with Crippen LogP contribution in [0, 0.1) is 13.8 Å². The van der Waals surface area contributed by atoms with Gasteiger partial charge < -0.3 is 14.0 Å². The molecule has 2 aromatic carbocycles. The van der Waals surface area contributed by atoms with Gasteiger partial charge in [0.25, 0.3) is 5.89 Å². The minimum atomic E-state index is -0.509. The molecule has 0 aliphatic rings. The van der Waals surface area contributed by atoms with Crippen molar-refractivity contribution in [3.63, 3.8) is 0 Å². The van der Waals surface area contributed by atoms with Gasteiger partial charge in [-0.25, -0.2) is 4.79 Å². The van der Waals surface area contributed by atoms with E-state index < -0.39 is 5.97 Å². The molecule has 6 nitrogen and oxygen atoms in total. The third kappa shape index (κ3) is 4.70. The Hall–Kier alpha value is -2.67. The highest BCUT2D eigenvalue weighted by molar-refractivity contribution is 9.10. The van der Waals surface area contributed by atoms with E-state index in [2.05, 4.69) is 26.1 Å². The molecule has 0 saturated heterocycles. The van der Waals surface area contributed by atoms with Crippen LogP contribution in [0.3, 0.4) is 0 Å². The largest absolute Gasteiger partial charge is 0.482 e. The van der Waals surface area contributed by atoms with Gasteiger partial charge in [0.05, 0.1) is 0 Å². The van der Waals surface area contributed by atoms with Gasteiger partial charge >= 0.3 is 5.97 Å². The van der Waals surface area contributed by atoms with E-state index in [1.54, 1.807) is 0 Å².